The van der Waals surface area contributed by atoms with E-state index in [0.717, 1.165) is 5.56 Å². The van der Waals surface area contributed by atoms with E-state index >= 15 is 0 Å². The zero-order chi connectivity index (χ0) is 14.5. The molecular formula is C16H13NO3. The minimum absolute atomic E-state index is 0.219. The fourth-order valence-electron chi connectivity index (χ4n) is 1.91. The summed E-state index contributed by atoms with van der Waals surface area (Å²) in [4.78, 5) is 11.1. The molecule has 2 aromatic rings. The van der Waals surface area contributed by atoms with Gasteiger partial charge in [0.15, 0.2) is 0 Å². The quantitative estimate of drug-likeness (QED) is 0.923. The molecule has 4 nitrogen and oxygen atoms in total. The minimum Gasteiger partial charge on any atom is -0.489 e. The predicted molar refractivity (Wildman–Crippen MR) is 73.6 cm³/mol. The van der Waals surface area contributed by atoms with E-state index in [1.807, 2.05) is 12.1 Å². The SMILES string of the molecule is Cc1c(OCc2ccccc2C#N)cccc1C(=O)O. The van der Waals surface area contributed by atoms with Crippen molar-refractivity contribution in [2.75, 3.05) is 0 Å². The highest BCUT2D eigenvalue weighted by Crippen LogP contribution is 2.23. The largest absolute Gasteiger partial charge is 0.489 e. The van der Waals surface area contributed by atoms with Crippen molar-refractivity contribution in [1.29, 1.82) is 5.26 Å². The van der Waals surface area contributed by atoms with Gasteiger partial charge in [0.1, 0.15) is 12.4 Å². The van der Waals surface area contributed by atoms with Crippen molar-refractivity contribution in [3.8, 4) is 11.8 Å². The van der Waals surface area contributed by atoms with Crippen LogP contribution in [0.25, 0.3) is 0 Å². The summed E-state index contributed by atoms with van der Waals surface area (Å²) in [5, 5.41) is 18.1. The first-order valence-electron chi connectivity index (χ1n) is 6.07. The molecule has 0 fully saturated rings. The van der Waals surface area contributed by atoms with Gasteiger partial charge in [-0.1, -0.05) is 24.3 Å². The van der Waals surface area contributed by atoms with Crippen LogP contribution < -0.4 is 4.74 Å². The molecule has 0 spiro atoms. The molecule has 0 unspecified atom stereocenters. The second-order valence-electron chi connectivity index (χ2n) is 4.29. The van der Waals surface area contributed by atoms with Crippen molar-refractivity contribution < 1.29 is 14.6 Å². The van der Waals surface area contributed by atoms with Gasteiger partial charge in [0.25, 0.3) is 0 Å². The number of carboxylic acid groups (broad SMARTS) is 1. The third-order valence-electron chi connectivity index (χ3n) is 3.04. The molecule has 0 aromatic heterocycles. The van der Waals surface area contributed by atoms with Crippen LogP contribution in [0.2, 0.25) is 0 Å². The average Bonchev–Trinajstić information content (AvgIpc) is 2.46. The lowest BCUT2D eigenvalue weighted by Crippen LogP contribution is -2.04. The first-order valence-corrected chi connectivity index (χ1v) is 6.07. The molecule has 0 heterocycles. The van der Waals surface area contributed by atoms with E-state index in [-0.39, 0.29) is 12.2 Å². The molecule has 0 saturated heterocycles. The van der Waals surface area contributed by atoms with E-state index in [0.29, 0.717) is 16.9 Å². The van der Waals surface area contributed by atoms with Gasteiger partial charge in [-0.25, -0.2) is 4.79 Å². The van der Waals surface area contributed by atoms with Crippen molar-refractivity contribution in [2.45, 2.75) is 13.5 Å². The lowest BCUT2D eigenvalue weighted by Gasteiger charge is -2.11. The summed E-state index contributed by atoms with van der Waals surface area (Å²) in [6.07, 6.45) is 0. The van der Waals surface area contributed by atoms with E-state index < -0.39 is 5.97 Å². The number of hydrogen-bond acceptors (Lipinski definition) is 3. The molecule has 0 radical (unpaired) electrons. The standard InChI is InChI=1S/C16H13NO3/c1-11-14(16(18)19)7-4-8-15(11)20-10-13-6-3-2-5-12(13)9-17/h2-8H,10H2,1H3,(H,18,19). The summed E-state index contributed by atoms with van der Waals surface area (Å²) in [5.41, 5.74) is 2.13. The predicted octanol–water partition coefficient (Wildman–Crippen LogP) is 3.14. The van der Waals surface area contributed by atoms with Gasteiger partial charge in [-0.3, -0.25) is 0 Å². The average molecular weight is 267 g/mol. The van der Waals surface area contributed by atoms with Gasteiger partial charge in [-0.2, -0.15) is 5.26 Å². The Labute approximate surface area is 116 Å². The fourth-order valence-corrected chi connectivity index (χ4v) is 1.91. The number of nitriles is 1. The summed E-state index contributed by atoms with van der Waals surface area (Å²) in [6, 6.07) is 14.2. The highest BCUT2D eigenvalue weighted by atomic mass is 16.5. The smallest absolute Gasteiger partial charge is 0.336 e. The maximum absolute atomic E-state index is 11.1. The van der Waals surface area contributed by atoms with E-state index in [1.165, 1.54) is 6.07 Å². The van der Waals surface area contributed by atoms with Crippen LogP contribution in [-0.4, -0.2) is 11.1 Å². The Kier molecular flexibility index (Phi) is 4.02. The Hall–Kier alpha value is -2.80. The molecule has 0 aliphatic rings. The molecule has 0 aliphatic carbocycles. The number of nitrogens with zero attached hydrogens (tertiary/aromatic N) is 1. The van der Waals surface area contributed by atoms with Crippen molar-refractivity contribution in [1.82, 2.24) is 0 Å². The van der Waals surface area contributed by atoms with Crippen LogP contribution >= 0.6 is 0 Å². The van der Waals surface area contributed by atoms with E-state index in [2.05, 4.69) is 6.07 Å². The molecule has 2 aromatic carbocycles. The Morgan fingerprint density at radius 2 is 2.00 bits per heavy atom. The first kappa shape index (κ1) is 13.6. The van der Waals surface area contributed by atoms with Crippen molar-refractivity contribution in [3.05, 3.63) is 64.7 Å². The Bertz CT molecular complexity index is 686. The number of carboxylic acids is 1. The Morgan fingerprint density at radius 1 is 1.25 bits per heavy atom. The lowest BCUT2D eigenvalue weighted by atomic mass is 10.1. The van der Waals surface area contributed by atoms with Crippen LogP contribution in [0.4, 0.5) is 0 Å². The number of rotatable bonds is 4. The van der Waals surface area contributed by atoms with Crippen LogP contribution in [0.5, 0.6) is 5.75 Å². The lowest BCUT2D eigenvalue weighted by molar-refractivity contribution is 0.0695. The van der Waals surface area contributed by atoms with Gasteiger partial charge in [-0.05, 0) is 25.1 Å². The van der Waals surface area contributed by atoms with Crippen LogP contribution in [-0.2, 0) is 6.61 Å². The van der Waals surface area contributed by atoms with Gasteiger partial charge >= 0.3 is 5.97 Å². The molecular weight excluding hydrogens is 254 g/mol. The molecule has 0 atom stereocenters. The maximum Gasteiger partial charge on any atom is 0.336 e. The van der Waals surface area contributed by atoms with Crippen LogP contribution in [0, 0.1) is 18.3 Å². The topological polar surface area (TPSA) is 70.3 Å². The molecule has 20 heavy (non-hydrogen) atoms. The maximum atomic E-state index is 11.1. The normalized spacial score (nSPS) is 9.80. The molecule has 0 bridgehead atoms. The summed E-state index contributed by atoms with van der Waals surface area (Å²) in [5.74, 6) is -0.469. The second-order valence-corrected chi connectivity index (χ2v) is 4.29. The van der Waals surface area contributed by atoms with E-state index in [9.17, 15) is 4.79 Å². The van der Waals surface area contributed by atoms with Crippen LogP contribution in [0.3, 0.4) is 0 Å². The number of ether oxygens (including phenoxy) is 1. The summed E-state index contributed by atoms with van der Waals surface area (Å²) >= 11 is 0. The second kappa shape index (κ2) is 5.89. The monoisotopic (exact) mass is 267 g/mol. The number of carbonyl (C=O) groups is 1. The van der Waals surface area contributed by atoms with Gasteiger partial charge in [0.2, 0.25) is 0 Å². The van der Waals surface area contributed by atoms with Gasteiger partial charge < -0.3 is 9.84 Å². The van der Waals surface area contributed by atoms with E-state index in [1.54, 1.807) is 31.2 Å². The zero-order valence-electron chi connectivity index (χ0n) is 11.0. The third kappa shape index (κ3) is 2.78. The molecule has 0 amide bonds. The minimum atomic E-state index is -0.981. The summed E-state index contributed by atoms with van der Waals surface area (Å²) in [7, 11) is 0. The van der Waals surface area contributed by atoms with Crippen LogP contribution in [0.1, 0.15) is 27.0 Å². The number of benzene rings is 2. The van der Waals surface area contributed by atoms with Gasteiger partial charge in [0.05, 0.1) is 17.2 Å². The van der Waals surface area contributed by atoms with Crippen molar-refractivity contribution in [2.24, 2.45) is 0 Å². The van der Waals surface area contributed by atoms with Gasteiger partial charge in [-0.15, -0.1) is 0 Å². The van der Waals surface area contributed by atoms with Gasteiger partial charge in [0, 0.05) is 11.1 Å². The zero-order valence-corrected chi connectivity index (χ0v) is 11.0. The summed E-state index contributed by atoms with van der Waals surface area (Å²) in [6.45, 7) is 1.93. The number of aromatic carboxylic acids is 1. The van der Waals surface area contributed by atoms with E-state index in [4.69, 9.17) is 15.1 Å². The Morgan fingerprint density at radius 3 is 2.70 bits per heavy atom. The third-order valence-corrected chi connectivity index (χ3v) is 3.04. The molecule has 1 N–H and O–H groups in total. The fraction of sp³-hybridized carbons (Fsp3) is 0.125. The van der Waals surface area contributed by atoms with Crippen molar-refractivity contribution in [3.63, 3.8) is 0 Å². The molecule has 0 saturated carbocycles. The van der Waals surface area contributed by atoms with Crippen molar-refractivity contribution >= 4 is 5.97 Å². The Balaban J connectivity index is 2.22. The number of hydrogen-bond donors (Lipinski definition) is 1. The van der Waals surface area contributed by atoms with Crippen LogP contribution in [0.15, 0.2) is 42.5 Å². The highest BCUT2D eigenvalue weighted by Gasteiger charge is 2.11. The molecule has 0 aliphatic heterocycles. The molecule has 100 valence electrons. The molecule has 2 rings (SSSR count). The first-order chi connectivity index (χ1) is 9.63. The summed E-state index contributed by atoms with van der Waals surface area (Å²) < 4.78 is 5.64. The molecule has 4 heteroatoms. The highest BCUT2D eigenvalue weighted by molar-refractivity contribution is 5.90.